The molecular weight excluding hydrogens is 376 g/mol. The number of nitro groups is 1. The molecule has 0 fully saturated rings. The van der Waals surface area contributed by atoms with Crippen molar-refractivity contribution in [3.63, 3.8) is 0 Å². The van der Waals surface area contributed by atoms with E-state index >= 15 is 0 Å². The van der Waals surface area contributed by atoms with Gasteiger partial charge in [-0.3, -0.25) is 14.9 Å². The van der Waals surface area contributed by atoms with E-state index < -0.39 is 4.92 Å². The van der Waals surface area contributed by atoms with Crippen LogP contribution in [0, 0.1) is 10.1 Å². The monoisotopic (exact) mass is 418 g/mol. The molecule has 0 aromatic heterocycles. The number of rotatable bonds is 19. The van der Waals surface area contributed by atoms with Crippen molar-refractivity contribution in [2.75, 3.05) is 6.54 Å². The van der Waals surface area contributed by atoms with Crippen molar-refractivity contribution in [2.24, 2.45) is 0 Å². The van der Waals surface area contributed by atoms with E-state index in [9.17, 15) is 14.9 Å². The Morgan fingerprint density at radius 2 is 1.27 bits per heavy atom. The van der Waals surface area contributed by atoms with Gasteiger partial charge in [-0.1, -0.05) is 109 Å². The minimum absolute atomic E-state index is 0.0509. The van der Waals surface area contributed by atoms with Crippen LogP contribution in [0.5, 0.6) is 0 Å². The minimum atomic E-state index is -0.480. The zero-order valence-electron chi connectivity index (χ0n) is 19.0. The van der Waals surface area contributed by atoms with Crippen LogP contribution in [-0.2, 0) is 0 Å². The van der Waals surface area contributed by atoms with Crippen LogP contribution in [-0.4, -0.2) is 17.4 Å². The number of nitrogens with zero attached hydrogens (tertiary/aromatic N) is 1. The standard InChI is InChI=1S/C25H42N2O3/c1-2-3-4-5-6-7-8-9-10-11-12-13-14-15-16-17-21-26-25(28)23-19-18-20-24(22-23)27(29)30/h18-20,22H,2-17,21H2,1H3,(H,26,28). The van der Waals surface area contributed by atoms with E-state index in [0.717, 1.165) is 12.8 Å². The maximum Gasteiger partial charge on any atom is 0.270 e. The van der Waals surface area contributed by atoms with Gasteiger partial charge in [-0.25, -0.2) is 0 Å². The van der Waals surface area contributed by atoms with Crippen LogP contribution in [0.2, 0.25) is 0 Å². The van der Waals surface area contributed by atoms with Gasteiger partial charge < -0.3 is 5.32 Å². The molecule has 0 aliphatic carbocycles. The number of amides is 1. The van der Waals surface area contributed by atoms with Gasteiger partial charge in [0.25, 0.3) is 11.6 Å². The Balaban J connectivity index is 1.87. The Labute approximate surface area is 183 Å². The number of carbonyl (C=O) groups excluding carboxylic acids is 1. The van der Waals surface area contributed by atoms with Crippen molar-refractivity contribution < 1.29 is 9.72 Å². The Hall–Kier alpha value is -1.91. The van der Waals surface area contributed by atoms with E-state index in [1.54, 1.807) is 12.1 Å². The molecule has 5 heteroatoms. The first-order valence-electron chi connectivity index (χ1n) is 12.2. The molecule has 1 amide bonds. The second-order valence-corrected chi connectivity index (χ2v) is 8.37. The number of nitrogens with one attached hydrogen (secondary N) is 1. The molecule has 0 saturated heterocycles. The fourth-order valence-corrected chi connectivity index (χ4v) is 3.74. The first kappa shape index (κ1) is 26.1. The third-order valence-electron chi connectivity index (χ3n) is 5.64. The molecule has 30 heavy (non-hydrogen) atoms. The lowest BCUT2D eigenvalue weighted by molar-refractivity contribution is -0.384. The fraction of sp³-hybridized carbons (Fsp3) is 0.720. The SMILES string of the molecule is CCCCCCCCCCCCCCCCCCNC(=O)c1cccc([N+](=O)[O-])c1. The lowest BCUT2D eigenvalue weighted by atomic mass is 10.0. The summed E-state index contributed by atoms with van der Waals surface area (Å²) in [6, 6.07) is 5.87. The number of hydrogen-bond acceptors (Lipinski definition) is 3. The van der Waals surface area contributed by atoms with Crippen LogP contribution in [0.25, 0.3) is 0 Å². The van der Waals surface area contributed by atoms with Gasteiger partial charge in [-0.05, 0) is 12.5 Å². The number of carbonyl (C=O) groups is 1. The first-order valence-corrected chi connectivity index (χ1v) is 12.2. The van der Waals surface area contributed by atoms with E-state index in [-0.39, 0.29) is 11.6 Å². The summed E-state index contributed by atoms with van der Waals surface area (Å²) in [7, 11) is 0. The fourth-order valence-electron chi connectivity index (χ4n) is 3.74. The maximum absolute atomic E-state index is 12.0. The molecule has 0 saturated carbocycles. The highest BCUT2D eigenvalue weighted by molar-refractivity contribution is 5.94. The molecule has 1 N–H and O–H groups in total. The van der Waals surface area contributed by atoms with Crippen LogP contribution in [0.3, 0.4) is 0 Å². The molecule has 1 aromatic rings. The molecule has 0 atom stereocenters. The van der Waals surface area contributed by atoms with E-state index in [0.29, 0.717) is 12.1 Å². The third kappa shape index (κ3) is 13.3. The molecule has 0 radical (unpaired) electrons. The van der Waals surface area contributed by atoms with Crippen LogP contribution in [0.4, 0.5) is 5.69 Å². The van der Waals surface area contributed by atoms with Crippen molar-refractivity contribution in [1.29, 1.82) is 0 Å². The maximum atomic E-state index is 12.0. The van der Waals surface area contributed by atoms with Gasteiger partial charge in [0.2, 0.25) is 0 Å². The molecule has 0 heterocycles. The molecular formula is C25H42N2O3. The summed E-state index contributed by atoms with van der Waals surface area (Å²) < 4.78 is 0. The summed E-state index contributed by atoms with van der Waals surface area (Å²) in [5.74, 6) is -0.236. The van der Waals surface area contributed by atoms with E-state index in [4.69, 9.17) is 0 Å². The van der Waals surface area contributed by atoms with Crippen molar-refractivity contribution in [2.45, 2.75) is 110 Å². The van der Waals surface area contributed by atoms with Gasteiger partial charge in [0, 0.05) is 24.2 Å². The molecule has 0 bridgehead atoms. The smallest absolute Gasteiger partial charge is 0.270 e. The lowest BCUT2D eigenvalue weighted by Crippen LogP contribution is -2.24. The lowest BCUT2D eigenvalue weighted by Gasteiger charge is -2.06. The Morgan fingerprint density at radius 1 is 0.800 bits per heavy atom. The third-order valence-corrected chi connectivity index (χ3v) is 5.64. The van der Waals surface area contributed by atoms with Crippen LogP contribution in [0.15, 0.2) is 24.3 Å². The first-order chi connectivity index (χ1) is 14.6. The number of benzene rings is 1. The molecule has 1 rings (SSSR count). The highest BCUT2D eigenvalue weighted by Crippen LogP contribution is 2.14. The van der Waals surface area contributed by atoms with E-state index in [2.05, 4.69) is 12.2 Å². The molecule has 0 spiro atoms. The van der Waals surface area contributed by atoms with E-state index in [1.165, 1.54) is 102 Å². The molecule has 0 aliphatic heterocycles. The highest BCUT2D eigenvalue weighted by atomic mass is 16.6. The van der Waals surface area contributed by atoms with Crippen molar-refractivity contribution in [1.82, 2.24) is 5.32 Å². The van der Waals surface area contributed by atoms with Gasteiger partial charge >= 0.3 is 0 Å². The van der Waals surface area contributed by atoms with Gasteiger partial charge in [0.15, 0.2) is 0 Å². The molecule has 0 aliphatic rings. The van der Waals surface area contributed by atoms with Crippen molar-refractivity contribution >= 4 is 11.6 Å². The van der Waals surface area contributed by atoms with Crippen LogP contribution < -0.4 is 5.32 Å². The van der Waals surface area contributed by atoms with Crippen molar-refractivity contribution in [3.05, 3.63) is 39.9 Å². The predicted octanol–water partition coefficient (Wildman–Crippen LogP) is 7.59. The number of hydrogen-bond donors (Lipinski definition) is 1. The summed E-state index contributed by atoms with van der Waals surface area (Å²) in [5.41, 5.74) is 0.297. The number of nitro benzene ring substituents is 1. The topological polar surface area (TPSA) is 72.2 Å². The van der Waals surface area contributed by atoms with Crippen LogP contribution >= 0.6 is 0 Å². The Kier molecular flexibility index (Phi) is 15.6. The summed E-state index contributed by atoms with van der Waals surface area (Å²) in [4.78, 5) is 22.3. The Bertz CT molecular complexity index is 590. The van der Waals surface area contributed by atoms with Gasteiger partial charge in [-0.15, -0.1) is 0 Å². The number of non-ortho nitro benzene ring substituents is 1. The largest absolute Gasteiger partial charge is 0.352 e. The highest BCUT2D eigenvalue weighted by Gasteiger charge is 2.10. The molecule has 1 aromatic carbocycles. The summed E-state index contributed by atoms with van der Waals surface area (Å²) in [5, 5.41) is 13.6. The normalized spacial score (nSPS) is 10.8. The van der Waals surface area contributed by atoms with Gasteiger partial charge in [0.05, 0.1) is 4.92 Å². The summed E-state index contributed by atoms with van der Waals surface area (Å²) >= 11 is 0. The van der Waals surface area contributed by atoms with Gasteiger partial charge in [0.1, 0.15) is 0 Å². The van der Waals surface area contributed by atoms with Crippen LogP contribution in [0.1, 0.15) is 120 Å². The average Bonchev–Trinajstić information content (AvgIpc) is 2.75. The summed E-state index contributed by atoms with van der Waals surface area (Å²) in [6.07, 6.45) is 21.2. The zero-order valence-corrected chi connectivity index (χ0v) is 19.0. The number of unbranched alkanes of at least 4 members (excludes halogenated alkanes) is 15. The molecule has 5 nitrogen and oxygen atoms in total. The predicted molar refractivity (Wildman–Crippen MR) is 125 cm³/mol. The average molecular weight is 419 g/mol. The molecule has 170 valence electrons. The summed E-state index contributed by atoms with van der Waals surface area (Å²) in [6.45, 7) is 2.89. The quantitative estimate of drug-likeness (QED) is 0.143. The van der Waals surface area contributed by atoms with E-state index in [1.807, 2.05) is 0 Å². The second kappa shape index (κ2) is 17.9. The Morgan fingerprint density at radius 3 is 1.73 bits per heavy atom. The van der Waals surface area contributed by atoms with Gasteiger partial charge in [-0.2, -0.15) is 0 Å². The zero-order chi connectivity index (χ0) is 21.9. The minimum Gasteiger partial charge on any atom is -0.352 e. The second-order valence-electron chi connectivity index (χ2n) is 8.37. The molecule has 0 unspecified atom stereocenters. The van der Waals surface area contributed by atoms with Crippen molar-refractivity contribution in [3.8, 4) is 0 Å².